The Labute approximate surface area is 682 Å². The van der Waals surface area contributed by atoms with Crippen molar-refractivity contribution in [2.45, 2.75) is 0 Å². The summed E-state index contributed by atoms with van der Waals surface area (Å²) in [4.78, 5) is 22.2. The van der Waals surface area contributed by atoms with Gasteiger partial charge in [-0.1, -0.05) is 273 Å². The van der Waals surface area contributed by atoms with Crippen molar-refractivity contribution in [3.05, 3.63) is 376 Å². The summed E-state index contributed by atoms with van der Waals surface area (Å²) in [6, 6.07) is 138. The molecule has 26 aromatic rings. The highest BCUT2D eigenvalue weighted by Gasteiger charge is 2.28. The van der Waals surface area contributed by atoms with E-state index in [1.165, 1.54) is 112 Å². The number of fused-ring (bicyclic) bond motifs is 29. The lowest BCUT2D eigenvalue weighted by Gasteiger charge is -2.16. The third-order valence-electron chi connectivity index (χ3n) is 24.7. The van der Waals surface area contributed by atoms with Crippen LogP contribution in [0.15, 0.2) is 376 Å². The number of hydrogen-bond donors (Lipinski definition) is 0. The fraction of sp³-hybridized carbons (Fsp3) is 0. The first-order valence-corrected chi connectivity index (χ1v) is 41.7. The highest BCUT2D eigenvalue weighted by molar-refractivity contribution is 7.26. The largest absolute Gasteiger partial charge is 0.309 e. The van der Waals surface area contributed by atoms with Crippen LogP contribution in [0, 0.1) is 0 Å². The van der Waals surface area contributed by atoms with Crippen LogP contribution in [-0.2, 0) is 0 Å². The van der Waals surface area contributed by atoms with Crippen LogP contribution in [0.4, 0.5) is 0 Å². The summed E-state index contributed by atoms with van der Waals surface area (Å²) >= 11 is 3.52. The van der Waals surface area contributed by atoms with Crippen LogP contribution in [0.25, 0.3) is 250 Å². The van der Waals surface area contributed by atoms with E-state index in [-0.39, 0.29) is 0 Å². The minimum absolute atomic E-state index is 0.669. The van der Waals surface area contributed by atoms with Crippen LogP contribution in [0.1, 0.15) is 0 Å². The van der Waals surface area contributed by atoms with Crippen molar-refractivity contribution in [2.75, 3.05) is 0 Å². The molecule has 0 aliphatic rings. The first-order valence-electron chi connectivity index (χ1n) is 40.1. The number of thiophene rings is 2. The van der Waals surface area contributed by atoms with Crippen molar-refractivity contribution < 1.29 is 0 Å². The van der Waals surface area contributed by atoms with Crippen LogP contribution >= 0.6 is 22.7 Å². The zero-order valence-electron chi connectivity index (χ0n) is 63.2. The Morgan fingerprint density at radius 1 is 0.195 bits per heavy atom. The van der Waals surface area contributed by atoms with Gasteiger partial charge in [0.15, 0.2) is 11.6 Å². The van der Waals surface area contributed by atoms with Gasteiger partial charge in [-0.3, -0.25) is 0 Å². The fourth-order valence-corrected chi connectivity index (χ4v) is 22.0. The van der Waals surface area contributed by atoms with Gasteiger partial charge in [0, 0.05) is 124 Å². The lowest BCUT2D eigenvalue weighted by Crippen LogP contribution is -1.97. The molecule has 0 fully saturated rings. The second-order valence-electron chi connectivity index (χ2n) is 31.0. The van der Waals surface area contributed by atoms with Crippen molar-refractivity contribution >= 4 is 194 Å². The number of hydrogen-bond acceptors (Lipinski definition) is 6. The molecule has 8 nitrogen and oxygen atoms in total. The van der Waals surface area contributed by atoms with E-state index in [0.29, 0.717) is 11.6 Å². The quantitative estimate of drug-likeness (QED) is 0.135. The molecule has 8 heterocycles. The van der Waals surface area contributed by atoms with E-state index in [1.807, 2.05) is 0 Å². The van der Waals surface area contributed by atoms with Crippen molar-refractivity contribution in [3.63, 3.8) is 0 Å². The normalized spacial score (nSPS) is 12.2. The second kappa shape index (κ2) is 25.1. The van der Waals surface area contributed by atoms with Gasteiger partial charge in [0.2, 0.25) is 0 Å². The summed E-state index contributed by atoms with van der Waals surface area (Å²) in [5.74, 6) is 1.36. The SMILES string of the molecule is c1ccc(-c2nc(-c3cccc(-n4c5ccccc5c5c6ccc7c(-c8ccc(-c9nc(-c%10cccc(-n%11c%12ccccc%12c%12c%13c(ccc%12%11)c%11ccccc%11c%11c%13c%12ccccc%12n%11-c%11ccccc%11)c%10)nc%10c9sc9ccccc9%10)cc8)cc8c9ccccc9n(-c9ccccc9)c8c7c6ccc54)c3)nc3c2sc2ccccc23)cc1. The van der Waals surface area contributed by atoms with Crippen LogP contribution in [0.5, 0.6) is 0 Å². The summed E-state index contributed by atoms with van der Waals surface area (Å²) in [6.45, 7) is 0. The maximum atomic E-state index is 5.73. The standard InChI is InChI=1S/C108H62N8S2/c1-4-26-64(27-5-1)99-105-101(82-42-16-22-48-92(82)117-105)111-107(109-99)66-28-24-34-70(60-66)113-87-45-19-13-39-79(87)94-75-54-55-77-84(62-85-73-37-12-18-44-86(73)115(68-30-6-2-7-31-68)104(85)95(77)76(75)57-58-90(94)113)63-50-52-65(53-51-63)100-106-102(83-43-17-23-49-93(83)118-106)112-108(110-100)67-29-25-35-71(61-67)114-88-46-20-14-40-80(88)96-91(114)59-56-74-72-36-10-11-38-78(72)103-98(97(74)96)81-41-15-21-47-89(81)116(103)69-32-8-3-9-33-69/h1-62H. The summed E-state index contributed by atoms with van der Waals surface area (Å²) in [5, 5.41) is 21.6. The zero-order valence-corrected chi connectivity index (χ0v) is 64.8. The first-order chi connectivity index (χ1) is 58.6. The van der Waals surface area contributed by atoms with Gasteiger partial charge in [-0.2, -0.15) is 0 Å². The average molecular weight is 1540 g/mol. The Bertz CT molecular complexity index is 8810. The molecule has 0 atom stereocenters. The van der Waals surface area contributed by atoms with Gasteiger partial charge in [0.25, 0.3) is 0 Å². The molecule has 0 aliphatic carbocycles. The van der Waals surface area contributed by atoms with Gasteiger partial charge in [0.05, 0.1) is 76.0 Å². The van der Waals surface area contributed by atoms with Gasteiger partial charge < -0.3 is 18.3 Å². The van der Waals surface area contributed by atoms with Crippen molar-refractivity contribution in [1.82, 2.24) is 38.2 Å². The Morgan fingerprint density at radius 2 is 0.576 bits per heavy atom. The van der Waals surface area contributed by atoms with Crippen LogP contribution in [0.3, 0.4) is 0 Å². The monoisotopic (exact) mass is 1530 g/mol. The lowest BCUT2D eigenvalue weighted by molar-refractivity contribution is 1.17. The van der Waals surface area contributed by atoms with Crippen molar-refractivity contribution in [2.24, 2.45) is 0 Å². The smallest absolute Gasteiger partial charge is 0.160 e. The molecular weight excluding hydrogens is 1470 g/mol. The second-order valence-corrected chi connectivity index (χ2v) is 33.1. The maximum absolute atomic E-state index is 5.73. The Hall–Kier alpha value is -15.2. The highest BCUT2D eigenvalue weighted by atomic mass is 32.1. The molecule has 10 heteroatoms. The number of nitrogens with zero attached hydrogens (tertiary/aromatic N) is 8. The van der Waals surface area contributed by atoms with Crippen molar-refractivity contribution in [3.8, 4) is 79.2 Å². The molecule has 118 heavy (non-hydrogen) atoms. The van der Waals surface area contributed by atoms with E-state index in [4.69, 9.17) is 19.9 Å². The predicted octanol–water partition coefficient (Wildman–Crippen LogP) is 29.3. The van der Waals surface area contributed by atoms with E-state index in [0.717, 1.165) is 126 Å². The fourth-order valence-electron chi connectivity index (χ4n) is 19.7. The lowest BCUT2D eigenvalue weighted by atomic mass is 9.90. The minimum atomic E-state index is 0.669. The van der Waals surface area contributed by atoms with Crippen LogP contribution < -0.4 is 0 Å². The predicted molar refractivity (Wildman–Crippen MR) is 498 cm³/mol. The molecule has 0 saturated heterocycles. The summed E-state index contributed by atoms with van der Waals surface area (Å²) in [7, 11) is 0. The van der Waals surface area contributed by atoms with Gasteiger partial charge >= 0.3 is 0 Å². The number of rotatable bonds is 9. The molecule has 0 saturated carbocycles. The van der Waals surface area contributed by atoms with E-state index in [1.54, 1.807) is 22.7 Å². The van der Waals surface area contributed by atoms with E-state index >= 15 is 0 Å². The summed E-state index contributed by atoms with van der Waals surface area (Å²) in [5.41, 5.74) is 23.5. The highest BCUT2D eigenvalue weighted by Crippen LogP contribution is 2.52. The molecule has 18 aromatic carbocycles. The molecule has 0 unspecified atom stereocenters. The Kier molecular flexibility index (Phi) is 13.9. The first kappa shape index (κ1) is 65.2. The molecule has 0 radical (unpaired) electrons. The maximum Gasteiger partial charge on any atom is 0.160 e. The topological polar surface area (TPSA) is 71.3 Å². The molecule has 0 bridgehead atoms. The van der Waals surface area contributed by atoms with Crippen LogP contribution in [-0.4, -0.2) is 38.2 Å². The van der Waals surface area contributed by atoms with E-state index < -0.39 is 0 Å². The number of benzene rings is 18. The van der Waals surface area contributed by atoms with E-state index in [2.05, 4.69) is 394 Å². The number of aromatic nitrogens is 8. The van der Waals surface area contributed by atoms with Gasteiger partial charge in [-0.15, -0.1) is 22.7 Å². The molecule has 26 rings (SSSR count). The number of para-hydroxylation sites is 6. The molecule has 0 spiro atoms. The molecule has 0 aliphatic heterocycles. The van der Waals surface area contributed by atoms with Gasteiger partial charge in [-0.05, 0) is 141 Å². The molecule has 0 N–H and O–H groups in total. The summed E-state index contributed by atoms with van der Waals surface area (Å²) in [6.07, 6.45) is 0. The Balaban J connectivity index is 0.640. The molecular formula is C108H62N8S2. The van der Waals surface area contributed by atoms with Crippen molar-refractivity contribution in [1.29, 1.82) is 0 Å². The minimum Gasteiger partial charge on any atom is -0.309 e. The van der Waals surface area contributed by atoms with Gasteiger partial charge in [0.1, 0.15) is 0 Å². The molecule has 0 amide bonds. The summed E-state index contributed by atoms with van der Waals surface area (Å²) < 4.78 is 14.4. The van der Waals surface area contributed by atoms with Crippen LogP contribution in [0.2, 0.25) is 0 Å². The van der Waals surface area contributed by atoms with E-state index in [9.17, 15) is 0 Å². The Morgan fingerprint density at radius 3 is 1.14 bits per heavy atom. The zero-order chi connectivity index (χ0) is 77.0. The molecule has 8 aromatic heterocycles. The third-order valence-corrected chi connectivity index (χ3v) is 27.0. The average Bonchev–Trinajstić information content (AvgIpc) is 1.52. The molecule has 546 valence electrons. The van der Waals surface area contributed by atoms with Gasteiger partial charge in [-0.25, -0.2) is 19.9 Å². The third kappa shape index (κ3) is 9.40.